The van der Waals surface area contributed by atoms with E-state index < -0.39 is 0 Å². The maximum atomic E-state index is 12.3. The lowest BCUT2D eigenvalue weighted by Gasteiger charge is -2.25. The van der Waals surface area contributed by atoms with E-state index >= 15 is 0 Å². The van der Waals surface area contributed by atoms with Crippen LogP contribution < -0.4 is 5.32 Å². The number of aliphatic hydroxyl groups is 1. The summed E-state index contributed by atoms with van der Waals surface area (Å²) in [5.74, 6) is -0.0618. The van der Waals surface area contributed by atoms with Crippen molar-refractivity contribution in [3.05, 3.63) is 35.4 Å². The molecule has 1 atom stereocenters. The molecule has 1 heterocycles. The molecule has 5 nitrogen and oxygen atoms in total. The highest BCUT2D eigenvalue weighted by Gasteiger charge is 2.31. The van der Waals surface area contributed by atoms with Gasteiger partial charge in [0.1, 0.15) is 6.04 Å². The first-order chi connectivity index (χ1) is 10.2. The van der Waals surface area contributed by atoms with Gasteiger partial charge in [0.25, 0.3) is 0 Å². The molecule has 1 aliphatic heterocycles. The van der Waals surface area contributed by atoms with Crippen LogP contribution in [0.15, 0.2) is 24.3 Å². The third kappa shape index (κ3) is 3.61. The van der Waals surface area contributed by atoms with Crippen molar-refractivity contribution >= 4 is 11.8 Å². The van der Waals surface area contributed by atoms with Gasteiger partial charge in [-0.15, -0.1) is 0 Å². The van der Waals surface area contributed by atoms with E-state index in [0.29, 0.717) is 25.9 Å². The van der Waals surface area contributed by atoms with E-state index in [4.69, 9.17) is 0 Å². The summed E-state index contributed by atoms with van der Waals surface area (Å²) in [6.45, 7) is 2.90. The highest BCUT2D eigenvalue weighted by Crippen LogP contribution is 2.16. The summed E-state index contributed by atoms with van der Waals surface area (Å²) in [6, 6.07) is 7.06. The summed E-state index contributed by atoms with van der Waals surface area (Å²) in [6.07, 6.45) is 1.98. The minimum atomic E-state index is -0.388. The molecule has 1 unspecified atom stereocenters. The zero-order chi connectivity index (χ0) is 15.2. The molecule has 0 spiro atoms. The standard InChI is InChI=1S/C16H22N2O3/c1-2-14(18-9-5-8-15(18)20)16(21)17-10-12-6-3-4-7-13(12)11-19/h3-4,6-7,14,19H,2,5,8-11H2,1H3,(H,17,21). The third-order valence-corrected chi connectivity index (χ3v) is 3.92. The third-order valence-electron chi connectivity index (χ3n) is 3.92. The smallest absolute Gasteiger partial charge is 0.243 e. The number of benzene rings is 1. The SMILES string of the molecule is CCC(C(=O)NCc1ccccc1CO)N1CCCC1=O. The Balaban J connectivity index is 1.98. The predicted molar refractivity (Wildman–Crippen MR) is 79.2 cm³/mol. The molecule has 0 saturated carbocycles. The van der Waals surface area contributed by atoms with E-state index in [1.807, 2.05) is 31.2 Å². The van der Waals surface area contributed by atoms with Gasteiger partial charge in [-0.25, -0.2) is 0 Å². The van der Waals surface area contributed by atoms with Crippen molar-refractivity contribution in [2.45, 2.75) is 45.4 Å². The summed E-state index contributed by atoms with van der Waals surface area (Å²) in [7, 11) is 0. The molecule has 2 amide bonds. The Morgan fingerprint density at radius 1 is 1.38 bits per heavy atom. The van der Waals surface area contributed by atoms with Gasteiger partial charge in [-0.1, -0.05) is 31.2 Å². The van der Waals surface area contributed by atoms with E-state index in [1.165, 1.54) is 0 Å². The molecule has 0 aliphatic carbocycles. The van der Waals surface area contributed by atoms with E-state index in [1.54, 1.807) is 4.90 Å². The highest BCUT2D eigenvalue weighted by atomic mass is 16.3. The number of hydrogen-bond donors (Lipinski definition) is 2. The number of carbonyl (C=O) groups is 2. The Bertz CT molecular complexity index is 516. The summed E-state index contributed by atoms with van der Waals surface area (Å²) < 4.78 is 0. The van der Waals surface area contributed by atoms with Crippen LogP contribution in [0.25, 0.3) is 0 Å². The van der Waals surface area contributed by atoms with Gasteiger partial charge < -0.3 is 15.3 Å². The van der Waals surface area contributed by atoms with Gasteiger partial charge in [-0.2, -0.15) is 0 Å². The minimum absolute atomic E-state index is 0.0478. The summed E-state index contributed by atoms with van der Waals surface area (Å²) in [5.41, 5.74) is 1.71. The fraction of sp³-hybridized carbons (Fsp3) is 0.500. The van der Waals surface area contributed by atoms with Crippen LogP contribution in [0.3, 0.4) is 0 Å². The molecule has 1 aliphatic rings. The van der Waals surface area contributed by atoms with Gasteiger partial charge in [-0.05, 0) is 24.0 Å². The number of nitrogens with zero attached hydrogens (tertiary/aromatic N) is 1. The van der Waals surface area contributed by atoms with Crippen molar-refractivity contribution in [2.75, 3.05) is 6.54 Å². The summed E-state index contributed by atoms with van der Waals surface area (Å²) in [5, 5.41) is 12.2. The second kappa shape index (κ2) is 7.22. The van der Waals surface area contributed by atoms with Crippen LogP contribution in [0.4, 0.5) is 0 Å². The van der Waals surface area contributed by atoms with Crippen LogP contribution in [-0.4, -0.2) is 34.4 Å². The molecule has 114 valence electrons. The van der Waals surface area contributed by atoms with E-state index in [0.717, 1.165) is 17.5 Å². The average Bonchev–Trinajstić information content (AvgIpc) is 2.92. The number of aliphatic hydroxyl groups excluding tert-OH is 1. The Kier molecular flexibility index (Phi) is 5.33. The topological polar surface area (TPSA) is 69.6 Å². The van der Waals surface area contributed by atoms with Crippen molar-refractivity contribution in [3.8, 4) is 0 Å². The lowest BCUT2D eigenvalue weighted by atomic mass is 10.1. The van der Waals surface area contributed by atoms with Gasteiger partial charge in [0.05, 0.1) is 6.61 Å². The summed E-state index contributed by atoms with van der Waals surface area (Å²) in [4.78, 5) is 25.8. The molecule has 0 radical (unpaired) electrons. The lowest BCUT2D eigenvalue weighted by molar-refractivity contribution is -0.137. The number of rotatable bonds is 6. The van der Waals surface area contributed by atoms with Crippen molar-refractivity contribution in [1.29, 1.82) is 0 Å². The van der Waals surface area contributed by atoms with Gasteiger partial charge in [0.15, 0.2) is 0 Å². The maximum Gasteiger partial charge on any atom is 0.243 e. The average molecular weight is 290 g/mol. The molecular weight excluding hydrogens is 268 g/mol. The molecule has 2 N–H and O–H groups in total. The van der Waals surface area contributed by atoms with E-state index in [2.05, 4.69) is 5.32 Å². The number of carbonyl (C=O) groups excluding carboxylic acids is 2. The highest BCUT2D eigenvalue weighted by molar-refractivity contribution is 5.88. The normalized spacial score (nSPS) is 16.1. The molecule has 1 fully saturated rings. The molecule has 1 aromatic rings. The lowest BCUT2D eigenvalue weighted by Crippen LogP contribution is -2.47. The molecule has 0 aromatic heterocycles. The Hall–Kier alpha value is -1.88. The van der Waals surface area contributed by atoms with Crippen molar-refractivity contribution in [1.82, 2.24) is 10.2 Å². The Labute approximate surface area is 125 Å². The zero-order valence-electron chi connectivity index (χ0n) is 12.3. The van der Waals surface area contributed by atoms with Gasteiger partial charge in [0, 0.05) is 19.5 Å². The largest absolute Gasteiger partial charge is 0.392 e. The molecule has 1 saturated heterocycles. The fourth-order valence-electron chi connectivity index (χ4n) is 2.73. The molecule has 21 heavy (non-hydrogen) atoms. The van der Waals surface area contributed by atoms with Crippen molar-refractivity contribution < 1.29 is 14.7 Å². The fourth-order valence-corrected chi connectivity index (χ4v) is 2.73. The number of likely N-dealkylation sites (tertiary alicyclic amines) is 1. The van der Waals surface area contributed by atoms with Crippen LogP contribution in [-0.2, 0) is 22.7 Å². The Morgan fingerprint density at radius 2 is 2.10 bits per heavy atom. The van der Waals surface area contributed by atoms with E-state index in [-0.39, 0.29) is 24.5 Å². The molecule has 0 bridgehead atoms. The molecule has 1 aromatic carbocycles. The first kappa shape index (κ1) is 15.5. The van der Waals surface area contributed by atoms with Crippen LogP contribution in [0, 0.1) is 0 Å². The number of hydrogen-bond acceptors (Lipinski definition) is 3. The maximum absolute atomic E-state index is 12.3. The molecule has 5 heteroatoms. The number of amides is 2. The summed E-state index contributed by atoms with van der Waals surface area (Å²) >= 11 is 0. The minimum Gasteiger partial charge on any atom is -0.392 e. The van der Waals surface area contributed by atoms with E-state index in [9.17, 15) is 14.7 Å². The second-order valence-electron chi connectivity index (χ2n) is 5.26. The second-order valence-corrected chi connectivity index (χ2v) is 5.26. The van der Waals surface area contributed by atoms with Crippen LogP contribution in [0.2, 0.25) is 0 Å². The predicted octanol–water partition coefficient (Wildman–Crippen LogP) is 1.20. The Morgan fingerprint density at radius 3 is 2.67 bits per heavy atom. The van der Waals surface area contributed by atoms with Crippen molar-refractivity contribution in [2.24, 2.45) is 0 Å². The molecule has 2 rings (SSSR count). The first-order valence-electron chi connectivity index (χ1n) is 7.42. The quantitative estimate of drug-likeness (QED) is 0.827. The monoisotopic (exact) mass is 290 g/mol. The first-order valence-corrected chi connectivity index (χ1v) is 7.42. The van der Waals surface area contributed by atoms with Crippen LogP contribution in [0.1, 0.15) is 37.3 Å². The van der Waals surface area contributed by atoms with Crippen LogP contribution >= 0.6 is 0 Å². The van der Waals surface area contributed by atoms with Gasteiger partial charge >= 0.3 is 0 Å². The van der Waals surface area contributed by atoms with Crippen molar-refractivity contribution in [3.63, 3.8) is 0 Å². The zero-order valence-corrected chi connectivity index (χ0v) is 12.3. The molecular formula is C16H22N2O3. The van der Waals surface area contributed by atoms with Crippen LogP contribution in [0.5, 0.6) is 0 Å². The van der Waals surface area contributed by atoms with Gasteiger partial charge in [0.2, 0.25) is 11.8 Å². The van der Waals surface area contributed by atoms with Gasteiger partial charge in [-0.3, -0.25) is 9.59 Å². The number of nitrogens with one attached hydrogen (secondary N) is 1.